The monoisotopic (exact) mass is 262 g/mol. The minimum absolute atomic E-state index is 0.0494. The lowest BCUT2D eigenvalue weighted by molar-refractivity contribution is 0.303. The molecule has 0 N–H and O–H groups in total. The van der Waals surface area contributed by atoms with Gasteiger partial charge in [-0.25, -0.2) is 4.98 Å². The second-order valence-electron chi connectivity index (χ2n) is 3.39. The van der Waals surface area contributed by atoms with E-state index in [1.165, 1.54) is 6.20 Å². The summed E-state index contributed by atoms with van der Waals surface area (Å²) in [5, 5.41) is 0. The van der Waals surface area contributed by atoms with Crippen molar-refractivity contribution in [3.8, 4) is 0 Å². The highest BCUT2D eigenvalue weighted by Gasteiger charge is 2.28. The van der Waals surface area contributed by atoms with E-state index in [4.69, 9.17) is 0 Å². The number of rotatable bonds is 2. The maximum atomic E-state index is 13.2. The summed E-state index contributed by atoms with van der Waals surface area (Å²) in [6.07, 6.45) is 1.41. The molecule has 76 valence electrons. The van der Waals surface area contributed by atoms with Gasteiger partial charge in [-0.3, -0.25) is 4.39 Å². The van der Waals surface area contributed by atoms with Crippen molar-refractivity contribution in [3.63, 3.8) is 0 Å². The van der Waals surface area contributed by atoms with Gasteiger partial charge in [0.1, 0.15) is 0 Å². The fourth-order valence-corrected chi connectivity index (χ4v) is 1.82. The molecule has 0 aliphatic carbocycles. The topological polar surface area (TPSA) is 16.1 Å². The van der Waals surface area contributed by atoms with Gasteiger partial charge in [0.25, 0.3) is 0 Å². The normalized spacial score (nSPS) is 16.9. The lowest BCUT2D eigenvalue weighted by Gasteiger charge is -2.39. The van der Waals surface area contributed by atoms with E-state index in [9.17, 15) is 8.78 Å². The summed E-state index contributed by atoms with van der Waals surface area (Å²) in [7, 11) is 0. The molecule has 0 bridgehead atoms. The molecule has 1 aliphatic heterocycles. The molecule has 2 heterocycles. The molecule has 0 unspecified atom stereocenters. The largest absolute Gasteiger partial charge is 0.367 e. The first kappa shape index (κ1) is 9.83. The molecule has 0 radical (unpaired) electrons. The predicted molar refractivity (Wildman–Crippen MR) is 53.6 cm³/mol. The molecule has 0 aromatic carbocycles. The van der Waals surface area contributed by atoms with Gasteiger partial charge in [-0.15, -0.1) is 0 Å². The van der Waals surface area contributed by atoms with Crippen LogP contribution in [-0.4, -0.2) is 24.7 Å². The minimum Gasteiger partial charge on any atom is -0.367 e. The number of pyridine rings is 1. The molecule has 0 saturated carbocycles. The maximum absolute atomic E-state index is 13.2. The molecule has 0 atom stereocenters. The summed E-state index contributed by atoms with van der Waals surface area (Å²) in [5.41, 5.74) is 0.448. The van der Waals surface area contributed by atoms with Crippen molar-refractivity contribution in [3.05, 3.63) is 22.7 Å². The first-order valence-corrected chi connectivity index (χ1v) is 5.12. The Hall–Kier alpha value is -0.710. The first-order chi connectivity index (χ1) is 6.70. The van der Waals surface area contributed by atoms with Crippen molar-refractivity contribution in [1.29, 1.82) is 0 Å². The van der Waals surface area contributed by atoms with Crippen molar-refractivity contribution in [2.75, 3.05) is 24.7 Å². The lowest BCUT2D eigenvalue weighted by Crippen LogP contribution is -2.48. The van der Waals surface area contributed by atoms with Gasteiger partial charge < -0.3 is 4.90 Å². The zero-order chi connectivity index (χ0) is 10.1. The number of hydrogen-bond acceptors (Lipinski definition) is 2. The van der Waals surface area contributed by atoms with Gasteiger partial charge in [-0.2, -0.15) is 4.39 Å². The van der Waals surface area contributed by atoms with E-state index in [1.807, 2.05) is 0 Å². The van der Waals surface area contributed by atoms with Gasteiger partial charge in [0.2, 0.25) is 5.95 Å². The summed E-state index contributed by atoms with van der Waals surface area (Å²) >= 11 is 3.22. The Morgan fingerprint density at radius 1 is 1.57 bits per heavy atom. The molecular formula is C9H9BrF2N2. The average Bonchev–Trinajstić information content (AvgIpc) is 2.09. The maximum Gasteiger partial charge on any atom is 0.236 e. The predicted octanol–water partition coefficient (Wildman–Crippen LogP) is 2.39. The molecule has 2 rings (SSSR count). The van der Waals surface area contributed by atoms with Crippen LogP contribution in [0.3, 0.4) is 0 Å². The summed E-state index contributed by atoms with van der Waals surface area (Å²) < 4.78 is 26.1. The van der Waals surface area contributed by atoms with Crippen LogP contribution < -0.4 is 4.90 Å². The van der Waals surface area contributed by atoms with Gasteiger partial charge >= 0.3 is 0 Å². The molecule has 1 aromatic heterocycles. The fourth-order valence-electron chi connectivity index (χ4n) is 1.50. The Labute approximate surface area is 89.1 Å². The second-order valence-corrected chi connectivity index (χ2v) is 4.30. The Kier molecular flexibility index (Phi) is 2.67. The second kappa shape index (κ2) is 3.81. The van der Waals surface area contributed by atoms with E-state index >= 15 is 0 Å². The van der Waals surface area contributed by atoms with Crippen LogP contribution in [0.4, 0.5) is 14.5 Å². The molecule has 1 saturated heterocycles. The van der Waals surface area contributed by atoms with E-state index < -0.39 is 5.95 Å². The van der Waals surface area contributed by atoms with Crippen LogP contribution in [-0.2, 0) is 0 Å². The third-order valence-electron chi connectivity index (χ3n) is 2.30. The zero-order valence-electron chi connectivity index (χ0n) is 7.38. The van der Waals surface area contributed by atoms with Crippen molar-refractivity contribution in [2.45, 2.75) is 0 Å². The molecule has 14 heavy (non-hydrogen) atoms. The van der Waals surface area contributed by atoms with Crippen LogP contribution >= 0.6 is 15.9 Å². The van der Waals surface area contributed by atoms with Gasteiger partial charge in [0.05, 0.1) is 12.4 Å². The number of anilines is 1. The molecule has 2 nitrogen and oxygen atoms in total. The number of aromatic nitrogens is 1. The zero-order valence-corrected chi connectivity index (χ0v) is 8.97. The van der Waals surface area contributed by atoms with Crippen LogP contribution in [0.5, 0.6) is 0 Å². The van der Waals surface area contributed by atoms with Crippen LogP contribution in [0, 0.1) is 11.9 Å². The third kappa shape index (κ3) is 1.73. The highest BCUT2D eigenvalue weighted by atomic mass is 79.9. The molecule has 1 aliphatic rings. The van der Waals surface area contributed by atoms with Crippen LogP contribution in [0.2, 0.25) is 0 Å². The molecule has 1 aromatic rings. The average molecular weight is 263 g/mol. The quantitative estimate of drug-likeness (QED) is 0.761. The SMILES string of the molecule is FCC1CN(c2cc(Br)cnc2F)C1. The highest BCUT2D eigenvalue weighted by molar-refractivity contribution is 9.10. The van der Waals surface area contributed by atoms with Gasteiger partial charge in [-0.1, -0.05) is 0 Å². The van der Waals surface area contributed by atoms with E-state index in [2.05, 4.69) is 20.9 Å². The lowest BCUT2D eigenvalue weighted by atomic mass is 10.0. The van der Waals surface area contributed by atoms with E-state index in [0.717, 1.165) is 4.47 Å². The molecule has 5 heteroatoms. The summed E-state index contributed by atoms with van der Waals surface area (Å²) in [4.78, 5) is 5.37. The number of alkyl halides is 1. The number of nitrogens with zero attached hydrogens (tertiary/aromatic N) is 2. The van der Waals surface area contributed by atoms with Crippen LogP contribution in [0.25, 0.3) is 0 Å². The molecule has 0 amide bonds. The summed E-state index contributed by atoms with van der Waals surface area (Å²) in [6.45, 7) is 0.816. The van der Waals surface area contributed by atoms with E-state index in [1.54, 1.807) is 11.0 Å². The fraction of sp³-hybridized carbons (Fsp3) is 0.444. The van der Waals surface area contributed by atoms with Crippen molar-refractivity contribution in [1.82, 2.24) is 4.98 Å². The highest BCUT2D eigenvalue weighted by Crippen LogP contribution is 2.28. The van der Waals surface area contributed by atoms with Gasteiger partial charge in [0, 0.05) is 29.7 Å². The van der Waals surface area contributed by atoms with Crippen molar-refractivity contribution >= 4 is 21.6 Å². The van der Waals surface area contributed by atoms with Gasteiger partial charge in [0.15, 0.2) is 0 Å². The number of halogens is 3. The number of hydrogen-bond donors (Lipinski definition) is 0. The van der Waals surface area contributed by atoms with E-state index in [-0.39, 0.29) is 12.6 Å². The molecule has 1 fully saturated rings. The Morgan fingerprint density at radius 2 is 2.29 bits per heavy atom. The summed E-state index contributed by atoms with van der Waals surface area (Å²) in [5.74, 6) is -0.445. The smallest absolute Gasteiger partial charge is 0.236 e. The minimum atomic E-state index is -0.495. The van der Waals surface area contributed by atoms with E-state index in [0.29, 0.717) is 18.8 Å². The third-order valence-corrected chi connectivity index (χ3v) is 2.74. The molecule has 0 spiro atoms. The Balaban J connectivity index is 2.13. The van der Waals surface area contributed by atoms with Crippen LogP contribution in [0.1, 0.15) is 0 Å². The van der Waals surface area contributed by atoms with Crippen molar-refractivity contribution in [2.24, 2.45) is 5.92 Å². The Morgan fingerprint density at radius 3 is 2.93 bits per heavy atom. The molecular weight excluding hydrogens is 254 g/mol. The first-order valence-electron chi connectivity index (χ1n) is 4.32. The Bertz CT molecular complexity index is 340. The van der Waals surface area contributed by atoms with Gasteiger partial charge in [-0.05, 0) is 22.0 Å². The standard InChI is InChI=1S/C9H9BrF2N2/c10-7-1-8(9(12)13-3-7)14-4-6(2-11)5-14/h1,3,6H,2,4-5H2. The van der Waals surface area contributed by atoms with Crippen LogP contribution in [0.15, 0.2) is 16.7 Å². The van der Waals surface area contributed by atoms with Crippen molar-refractivity contribution < 1.29 is 8.78 Å². The summed E-state index contributed by atoms with van der Waals surface area (Å²) in [6, 6.07) is 1.66.